The summed E-state index contributed by atoms with van der Waals surface area (Å²) >= 11 is 0. The van der Waals surface area contributed by atoms with Crippen LogP contribution in [0.25, 0.3) is 21.9 Å². The molecule has 0 atom stereocenters. The molecule has 4 rings (SSSR count). The maximum Gasteiger partial charge on any atom is 0.251 e. The highest BCUT2D eigenvalue weighted by atomic mass is 16.1. The van der Waals surface area contributed by atoms with Crippen LogP contribution in [0.5, 0.6) is 0 Å². The fraction of sp³-hybridized carbons (Fsp3) is 0.158. The van der Waals surface area contributed by atoms with E-state index in [0.717, 1.165) is 24.0 Å². The lowest BCUT2D eigenvalue weighted by atomic mass is 10.2. The molecule has 1 amide bonds. The van der Waals surface area contributed by atoms with Crippen LogP contribution >= 0.6 is 0 Å². The molecule has 0 aliphatic carbocycles. The van der Waals surface area contributed by atoms with E-state index in [9.17, 15) is 4.79 Å². The fourth-order valence-electron chi connectivity index (χ4n) is 2.97. The van der Waals surface area contributed by atoms with Gasteiger partial charge in [-0.15, -0.1) is 0 Å². The van der Waals surface area contributed by atoms with E-state index in [-0.39, 0.29) is 5.91 Å². The summed E-state index contributed by atoms with van der Waals surface area (Å²) in [5.41, 5.74) is 3.62. The van der Waals surface area contributed by atoms with Crippen LogP contribution < -0.4 is 5.32 Å². The van der Waals surface area contributed by atoms with E-state index < -0.39 is 0 Å². The lowest BCUT2D eigenvalue weighted by Gasteiger charge is -2.07. The Bertz CT molecular complexity index is 999. The van der Waals surface area contributed by atoms with Crippen LogP contribution in [0.1, 0.15) is 16.8 Å². The Morgan fingerprint density at radius 2 is 2.08 bits per heavy atom. The van der Waals surface area contributed by atoms with Crippen LogP contribution in [0.2, 0.25) is 0 Å². The van der Waals surface area contributed by atoms with Gasteiger partial charge >= 0.3 is 0 Å². The van der Waals surface area contributed by atoms with Gasteiger partial charge in [0, 0.05) is 30.4 Å². The van der Waals surface area contributed by atoms with Crippen LogP contribution in [0.4, 0.5) is 0 Å². The molecule has 2 aromatic heterocycles. The number of hydrogen-bond donors (Lipinski definition) is 2. The molecule has 2 N–H and O–H groups in total. The van der Waals surface area contributed by atoms with Crippen molar-refractivity contribution in [2.45, 2.75) is 13.0 Å². The summed E-state index contributed by atoms with van der Waals surface area (Å²) in [7, 11) is 0. The molecular weight excluding hydrogens is 300 g/mol. The lowest BCUT2D eigenvalue weighted by Crippen LogP contribution is -2.25. The third-order valence-electron chi connectivity index (χ3n) is 4.22. The first-order valence-corrected chi connectivity index (χ1v) is 8.06. The van der Waals surface area contributed by atoms with Crippen LogP contribution in [-0.4, -0.2) is 27.0 Å². The molecule has 5 heteroatoms. The zero-order chi connectivity index (χ0) is 16.4. The van der Waals surface area contributed by atoms with E-state index in [2.05, 4.69) is 44.2 Å². The zero-order valence-corrected chi connectivity index (χ0v) is 13.2. The molecule has 0 unspecified atom stereocenters. The Labute approximate surface area is 139 Å². The van der Waals surface area contributed by atoms with E-state index >= 15 is 0 Å². The Hall–Kier alpha value is -3.08. The van der Waals surface area contributed by atoms with Crippen molar-refractivity contribution in [3.63, 3.8) is 0 Å². The molecule has 24 heavy (non-hydrogen) atoms. The number of nitrogens with one attached hydrogen (secondary N) is 2. The average Bonchev–Trinajstić information content (AvgIpc) is 3.24. The molecule has 0 saturated carbocycles. The van der Waals surface area contributed by atoms with Gasteiger partial charge in [0.2, 0.25) is 0 Å². The number of aromatic nitrogens is 3. The topological polar surface area (TPSA) is 62.7 Å². The number of H-pyrrole nitrogens is 1. The summed E-state index contributed by atoms with van der Waals surface area (Å²) < 4.78 is 2.22. The van der Waals surface area contributed by atoms with Crippen LogP contribution in [-0.2, 0) is 6.54 Å². The first-order chi connectivity index (χ1) is 11.8. The van der Waals surface area contributed by atoms with Crippen molar-refractivity contribution in [3.05, 3.63) is 66.6 Å². The smallest absolute Gasteiger partial charge is 0.251 e. The van der Waals surface area contributed by atoms with Gasteiger partial charge < -0.3 is 14.9 Å². The average molecular weight is 318 g/mol. The molecule has 2 heterocycles. The second kappa shape index (κ2) is 6.20. The molecule has 5 nitrogen and oxygen atoms in total. The molecule has 0 aliphatic rings. The number of imidazole rings is 1. The van der Waals surface area contributed by atoms with Gasteiger partial charge in [0.1, 0.15) is 0 Å². The quantitative estimate of drug-likeness (QED) is 0.554. The minimum Gasteiger partial charge on any atom is -0.352 e. The molecule has 0 aliphatic heterocycles. The largest absolute Gasteiger partial charge is 0.352 e. The normalized spacial score (nSPS) is 11.2. The number of carbonyl (C=O) groups is 1. The van der Waals surface area contributed by atoms with Gasteiger partial charge in [0.05, 0.1) is 17.4 Å². The number of nitrogens with zero attached hydrogens (tertiary/aromatic N) is 2. The Morgan fingerprint density at radius 1 is 1.17 bits per heavy atom. The highest BCUT2D eigenvalue weighted by Gasteiger charge is 2.07. The molecule has 0 fully saturated rings. The van der Waals surface area contributed by atoms with Gasteiger partial charge in [0.25, 0.3) is 5.91 Å². The van der Waals surface area contributed by atoms with Crippen LogP contribution in [0, 0.1) is 0 Å². The molecule has 0 spiro atoms. The summed E-state index contributed by atoms with van der Waals surface area (Å²) in [6, 6.07) is 15.9. The second-order valence-corrected chi connectivity index (χ2v) is 5.81. The van der Waals surface area contributed by atoms with E-state index in [4.69, 9.17) is 0 Å². The van der Waals surface area contributed by atoms with Gasteiger partial charge in [-0.05, 0) is 42.1 Å². The van der Waals surface area contributed by atoms with Gasteiger partial charge in [-0.1, -0.05) is 18.2 Å². The molecule has 4 aromatic rings. The maximum absolute atomic E-state index is 12.2. The summed E-state index contributed by atoms with van der Waals surface area (Å²) in [6.07, 6.45) is 4.61. The third-order valence-corrected chi connectivity index (χ3v) is 4.22. The van der Waals surface area contributed by atoms with Crippen molar-refractivity contribution in [3.8, 4) is 0 Å². The number of carbonyl (C=O) groups excluding carboxylic acids is 1. The molecule has 0 bridgehead atoms. The molecule has 120 valence electrons. The van der Waals surface area contributed by atoms with E-state index in [1.807, 2.05) is 24.3 Å². The number of amides is 1. The first kappa shape index (κ1) is 14.5. The third kappa shape index (κ3) is 2.76. The number of aromatic amines is 1. The number of benzene rings is 2. The Balaban J connectivity index is 1.34. The van der Waals surface area contributed by atoms with Crippen molar-refractivity contribution in [1.29, 1.82) is 0 Å². The Morgan fingerprint density at radius 3 is 3.04 bits per heavy atom. The van der Waals surface area contributed by atoms with Crippen molar-refractivity contribution < 1.29 is 4.79 Å². The summed E-state index contributed by atoms with van der Waals surface area (Å²) in [5.74, 6) is -0.0520. The molecule has 0 radical (unpaired) electrons. The molecule has 0 saturated heterocycles. The van der Waals surface area contributed by atoms with Crippen molar-refractivity contribution in [1.82, 2.24) is 19.9 Å². The fourth-order valence-corrected chi connectivity index (χ4v) is 2.97. The van der Waals surface area contributed by atoms with Gasteiger partial charge in [-0.3, -0.25) is 4.79 Å². The van der Waals surface area contributed by atoms with Crippen molar-refractivity contribution in [2.24, 2.45) is 0 Å². The summed E-state index contributed by atoms with van der Waals surface area (Å²) in [6.45, 7) is 1.53. The van der Waals surface area contributed by atoms with Crippen molar-refractivity contribution >= 4 is 27.8 Å². The van der Waals surface area contributed by atoms with E-state index in [1.165, 1.54) is 10.9 Å². The first-order valence-electron chi connectivity index (χ1n) is 8.06. The lowest BCUT2D eigenvalue weighted by molar-refractivity contribution is 0.0953. The number of fused-ring (bicyclic) bond motifs is 2. The monoisotopic (exact) mass is 318 g/mol. The predicted molar refractivity (Wildman–Crippen MR) is 95.0 cm³/mol. The Kier molecular flexibility index (Phi) is 3.75. The van der Waals surface area contributed by atoms with E-state index in [0.29, 0.717) is 12.1 Å². The number of para-hydroxylation sites is 1. The van der Waals surface area contributed by atoms with Crippen LogP contribution in [0.3, 0.4) is 0 Å². The predicted octanol–water partition coefficient (Wildman–Crippen LogP) is 3.34. The second-order valence-electron chi connectivity index (χ2n) is 5.81. The van der Waals surface area contributed by atoms with Crippen molar-refractivity contribution in [2.75, 3.05) is 6.54 Å². The number of rotatable bonds is 5. The maximum atomic E-state index is 12.2. The summed E-state index contributed by atoms with van der Waals surface area (Å²) in [5, 5.41) is 4.22. The summed E-state index contributed by atoms with van der Waals surface area (Å²) in [4.78, 5) is 19.4. The molecule has 2 aromatic carbocycles. The standard InChI is InChI=1S/C19H18N4O/c24-19(15-6-7-16-17(12-15)22-13-21-16)20-9-3-10-23-11-8-14-4-1-2-5-18(14)23/h1-2,4-8,11-13H,3,9-10H2,(H,20,24)(H,21,22). The van der Waals surface area contributed by atoms with Gasteiger partial charge in [-0.2, -0.15) is 0 Å². The van der Waals surface area contributed by atoms with Gasteiger partial charge in [0.15, 0.2) is 0 Å². The van der Waals surface area contributed by atoms with E-state index in [1.54, 1.807) is 12.4 Å². The zero-order valence-electron chi connectivity index (χ0n) is 13.2. The highest BCUT2D eigenvalue weighted by Crippen LogP contribution is 2.15. The van der Waals surface area contributed by atoms with Crippen LogP contribution in [0.15, 0.2) is 61.1 Å². The SMILES string of the molecule is O=C(NCCCn1ccc2ccccc21)c1ccc2nc[nH]c2c1. The minimum absolute atomic E-state index is 0.0520. The molecular formula is C19H18N4O. The highest BCUT2D eigenvalue weighted by molar-refractivity contribution is 5.97. The number of hydrogen-bond acceptors (Lipinski definition) is 2. The minimum atomic E-state index is -0.0520. The van der Waals surface area contributed by atoms with Gasteiger partial charge in [-0.25, -0.2) is 4.98 Å². The number of aryl methyl sites for hydroxylation is 1.